The van der Waals surface area contributed by atoms with Crippen LogP contribution < -0.4 is 14.2 Å². The van der Waals surface area contributed by atoms with Crippen molar-refractivity contribution in [3.05, 3.63) is 65.4 Å². The molecule has 0 radical (unpaired) electrons. The maximum atomic E-state index is 11.2. The molecule has 3 heterocycles. The molecule has 0 atom stereocenters. The van der Waals surface area contributed by atoms with Crippen molar-refractivity contribution < 1.29 is 32.9 Å². The molecule has 0 bridgehead atoms. The van der Waals surface area contributed by atoms with Gasteiger partial charge in [0.15, 0.2) is 23.5 Å². The maximum absolute atomic E-state index is 11.2. The van der Waals surface area contributed by atoms with E-state index in [0.29, 0.717) is 46.5 Å². The SMILES string of the molecule is COc1cc(COc2nn(CCO)cc2C=O)ccc1OCc1nc(-c2ccco2)oc1C. The summed E-state index contributed by atoms with van der Waals surface area (Å²) in [7, 11) is 1.55. The highest BCUT2D eigenvalue weighted by molar-refractivity contribution is 5.77. The van der Waals surface area contributed by atoms with Gasteiger partial charge in [-0.25, -0.2) is 4.98 Å². The Morgan fingerprint density at radius 2 is 2.06 bits per heavy atom. The molecular formula is C23H23N3O7. The summed E-state index contributed by atoms with van der Waals surface area (Å²) in [5.74, 6) is 2.83. The Hall–Kier alpha value is -4.05. The number of hydrogen-bond acceptors (Lipinski definition) is 9. The van der Waals surface area contributed by atoms with Gasteiger partial charge in [-0.1, -0.05) is 6.07 Å². The topological polar surface area (TPSA) is 122 Å². The zero-order chi connectivity index (χ0) is 23.2. The third kappa shape index (κ3) is 5.07. The molecule has 0 amide bonds. The van der Waals surface area contributed by atoms with Gasteiger partial charge in [-0.05, 0) is 36.8 Å². The van der Waals surface area contributed by atoms with E-state index in [0.717, 1.165) is 5.56 Å². The molecule has 4 rings (SSSR count). The summed E-state index contributed by atoms with van der Waals surface area (Å²) < 4.78 is 29.5. The Kier molecular flexibility index (Phi) is 6.75. The molecule has 3 aromatic heterocycles. The molecule has 10 nitrogen and oxygen atoms in total. The lowest BCUT2D eigenvalue weighted by Gasteiger charge is -2.12. The first-order chi connectivity index (χ1) is 16.1. The average molecular weight is 453 g/mol. The normalized spacial score (nSPS) is 10.9. The van der Waals surface area contributed by atoms with Gasteiger partial charge in [0.1, 0.15) is 24.7 Å². The Balaban J connectivity index is 1.42. The zero-order valence-electron chi connectivity index (χ0n) is 18.2. The number of aromatic nitrogens is 3. The first kappa shape index (κ1) is 22.2. The number of benzene rings is 1. The number of methoxy groups -OCH3 is 1. The van der Waals surface area contributed by atoms with E-state index in [1.165, 1.54) is 10.9 Å². The van der Waals surface area contributed by atoms with Gasteiger partial charge in [0.25, 0.3) is 5.89 Å². The highest BCUT2D eigenvalue weighted by Crippen LogP contribution is 2.30. The largest absolute Gasteiger partial charge is 0.493 e. The monoisotopic (exact) mass is 453 g/mol. The number of aliphatic hydroxyl groups is 1. The second kappa shape index (κ2) is 10.0. The number of carbonyl (C=O) groups excluding carboxylic acids is 1. The van der Waals surface area contributed by atoms with E-state index >= 15 is 0 Å². The minimum Gasteiger partial charge on any atom is -0.493 e. The van der Waals surface area contributed by atoms with Crippen LogP contribution in [0, 0.1) is 6.92 Å². The lowest BCUT2D eigenvalue weighted by Crippen LogP contribution is -2.04. The van der Waals surface area contributed by atoms with Gasteiger partial charge < -0.3 is 28.2 Å². The lowest BCUT2D eigenvalue weighted by molar-refractivity contribution is 0.111. The fourth-order valence-corrected chi connectivity index (χ4v) is 3.12. The standard InChI is InChI=1S/C23H23N3O7/c1-15-18(24-23(33-15)20-4-3-9-30-20)14-31-19-6-5-16(10-21(19)29-2)13-32-22-17(12-28)11-26(25-22)7-8-27/h3-6,9-12,27H,7-8,13-14H2,1-2H3. The summed E-state index contributed by atoms with van der Waals surface area (Å²) in [6, 6.07) is 8.92. The summed E-state index contributed by atoms with van der Waals surface area (Å²) in [5.41, 5.74) is 1.76. The van der Waals surface area contributed by atoms with E-state index in [-0.39, 0.29) is 32.2 Å². The molecule has 0 aliphatic heterocycles. The number of aryl methyl sites for hydroxylation is 1. The van der Waals surface area contributed by atoms with E-state index < -0.39 is 0 Å². The predicted octanol–water partition coefficient (Wildman–Crippen LogP) is 3.41. The molecule has 33 heavy (non-hydrogen) atoms. The van der Waals surface area contributed by atoms with Gasteiger partial charge in [-0.15, -0.1) is 5.10 Å². The third-order valence-corrected chi connectivity index (χ3v) is 4.80. The van der Waals surface area contributed by atoms with E-state index in [2.05, 4.69) is 10.1 Å². The molecular weight excluding hydrogens is 430 g/mol. The number of aliphatic hydroxyl groups excluding tert-OH is 1. The van der Waals surface area contributed by atoms with Crippen molar-refractivity contribution in [2.24, 2.45) is 0 Å². The van der Waals surface area contributed by atoms with Gasteiger partial charge >= 0.3 is 0 Å². The fourth-order valence-electron chi connectivity index (χ4n) is 3.12. The summed E-state index contributed by atoms with van der Waals surface area (Å²) in [4.78, 5) is 15.7. The lowest BCUT2D eigenvalue weighted by atomic mass is 10.2. The molecule has 0 fully saturated rings. The van der Waals surface area contributed by atoms with Crippen molar-refractivity contribution in [1.29, 1.82) is 0 Å². The fraction of sp³-hybridized carbons (Fsp3) is 0.261. The predicted molar refractivity (Wildman–Crippen MR) is 115 cm³/mol. The second-order valence-electron chi connectivity index (χ2n) is 7.06. The summed E-state index contributed by atoms with van der Waals surface area (Å²) in [6.07, 6.45) is 3.75. The number of carbonyl (C=O) groups is 1. The number of rotatable bonds is 11. The van der Waals surface area contributed by atoms with Crippen molar-refractivity contribution in [1.82, 2.24) is 14.8 Å². The van der Waals surface area contributed by atoms with E-state index in [1.54, 1.807) is 37.6 Å². The highest BCUT2D eigenvalue weighted by atomic mass is 16.5. The molecule has 1 aromatic carbocycles. The number of ether oxygens (including phenoxy) is 3. The van der Waals surface area contributed by atoms with Gasteiger partial charge in [-0.3, -0.25) is 9.48 Å². The summed E-state index contributed by atoms with van der Waals surface area (Å²) in [5, 5.41) is 13.2. The molecule has 0 spiro atoms. The first-order valence-electron chi connectivity index (χ1n) is 10.2. The van der Waals surface area contributed by atoms with E-state index in [9.17, 15) is 4.79 Å². The number of furan rings is 1. The molecule has 1 N–H and O–H groups in total. The minimum atomic E-state index is -0.0872. The minimum absolute atomic E-state index is 0.0872. The first-order valence-corrected chi connectivity index (χ1v) is 10.2. The van der Waals surface area contributed by atoms with Crippen LogP contribution in [-0.2, 0) is 19.8 Å². The molecule has 0 saturated carbocycles. The van der Waals surface area contributed by atoms with Crippen LogP contribution in [0.15, 0.2) is 51.6 Å². The van der Waals surface area contributed by atoms with Crippen LogP contribution in [0.1, 0.15) is 27.4 Å². The zero-order valence-corrected chi connectivity index (χ0v) is 18.2. The Morgan fingerprint density at radius 3 is 2.79 bits per heavy atom. The summed E-state index contributed by atoms with van der Waals surface area (Å²) >= 11 is 0. The van der Waals surface area contributed by atoms with E-state index in [4.69, 9.17) is 28.2 Å². The maximum Gasteiger partial charge on any atom is 0.263 e. The quantitative estimate of drug-likeness (QED) is 0.340. The van der Waals surface area contributed by atoms with Crippen LogP contribution in [0.5, 0.6) is 17.4 Å². The Bertz CT molecular complexity index is 1210. The van der Waals surface area contributed by atoms with Crippen LogP contribution in [0.3, 0.4) is 0 Å². The van der Waals surface area contributed by atoms with Crippen LogP contribution in [0.2, 0.25) is 0 Å². The molecule has 0 saturated heterocycles. The number of oxazole rings is 1. The number of hydrogen-bond donors (Lipinski definition) is 1. The molecule has 10 heteroatoms. The number of nitrogens with zero attached hydrogens (tertiary/aromatic N) is 3. The molecule has 172 valence electrons. The van der Waals surface area contributed by atoms with Crippen LogP contribution in [0.4, 0.5) is 0 Å². The van der Waals surface area contributed by atoms with Crippen molar-refractivity contribution in [3.8, 4) is 29.0 Å². The van der Waals surface area contributed by atoms with Crippen LogP contribution in [-0.4, -0.2) is 39.9 Å². The second-order valence-corrected chi connectivity index (χ2v) is 7.06. The molecule has 0 unspecified atom stereocenters. The van der Waals surface area contributed by atoms with Crippen molar-refractivity contribution in [2.75, 3.05) is 13.7 Å². The van der Waals surface area contributed by atoms with Crippen molar-refractivity contribution in [3.63, 3.8) is 0 Å². The van der Waals surface area contributed by atoms with Crippen molar-refractivity contribution >= 4 is 6.29 Å². The number of aldehydes is 1. The molecule has 4 aromatic rings. The highest BCUT2D eigenvalue weighted by Gasteiger charge is 2.16. The van der Waals surface area contributed by atoms with E-state index in [1.807, 2.05) is 13.0 Å². The van der Waals surface area contributed by atoms with Gasteiger partial charge in [0, 0.05) is 6.20 Å². The molecule has 0 aliphatic rings. The Morgan fingerprint density at radius 1 is 1.18 bits per heavy atom. The molecule has 0 aliphatic carbocycles. The van der Waals surface area contributed by atoms with Gasteiger partial charge in [0.2, 0.25) is 5.88 Å². The third-order valence-electron chi connectivity index (χ3n) is 4.80. The van der Waals surface area contributed by atoms with Gasteiger partial charge in [-0.2, -0.15) is 0 Å². The van der Waals surface area contributed by atoms with Gasteiger partial charge in [0.05, 0.1) is 32.1 Å². The Labute approximate surface area is 189 Å². The smallest absolute Gasteiger partial charge is 0.263 e. The average Bonchev–Trinajstić information content (AvgIpc) is 3.57. The van der Waals surface area contributed by atoms with Crippen LogP contribution >= 0.6 is 0 Å². The summed E-state index contributed by atoms with van der Waals surface area (Å²) in [6.45, 7) is 2.36. The van der Waals surface area contributed by atoms with Crippen LogP contribution in [0.25, 0.3) is 11.7 Å². The van der Waals surface area contributed by atoms with Crippen molar-refractivity contribution in [2.45, 2.75) is 26.7 Å².